The van der Waals surface area contributed by atoms with Gasteiger partial charge in [-0.1, -0.05) is 19.9 Å². The molecular weight excluding hydrogens is 229 g/mol. The molecule has 0 amide bonds. The molecule has 2 aromatic rings. The van der Waals surface area contributed by atoms with Crippen LogP contribution in [0.1, 0.15) is 25.5 Å². The van der Waals surface area contributed by atoms with Crippen LogP contribution in [0.15, 0.2) is 18.8 Å². The molecule has 0 N–H and O–H groups in total. The maximum absolute atomic E-state index is 13.6. The van der Waals surface area contributed by atoms with Gasteiger partial charge in [0.15, 0.2) is 5.82 Å². The van der Waals surface area contributed by atoms with Crippen molar-refractivity contribution in [3.8, 4) is 0 Å². The van der Waals surface area contributed by atoms with E-state index in [1.54, 1.807) is 0 Å². The molecule has 0 saturated carbocycles. The minimum Gasteiger partial charge on any atom is -0.226 e. The Hall–Kier alpha value is -1.42. The van der Waals surface area contributed by atoms with E-state index in [4.69, 9.17) is 11.6 Å². The average molecular weight is 240 g/mol. The van der Waals surface area contributed by atoms with Crippen LogP contribution in [0.4, 0.5) is 4.39 Å². The van der Waals surface area contributed by atoms with Crippen molar-refractivity contribution in [2.24, 2.45) is 0 Å². The van der Waals surface area contributed by atoms with Gasteiger partial charge < -0.3 is 0 Å². The van der Waals surface area contributed by atoms with E-state index in [1.165, 1.54) is 16.8 Å². The molecule has 16 heavy (non-hydrogen) atoms. The minimum absolute atomic E-state index is 0.0913. The van der Waals surface area contributed by atoms with Crippen molar-refractivity contribution >= 4 is 22.7 Å². The minimum atomic E-state index is -0.357. The first-order valence-electron chi connectivity index (χ1n) is 5.01. The Labute approximate surface area is 97.6 Å². The summed E-state index contributed by atoms with van der Waals surface area (Å²) in [5.74, 6) is -0.357. The fraction of sp³-hybridized carbons (Fsp3) is 0.273. The lowest BCUT2D eigenvalue weighted by Crippen LogP contribution is -1.98. The molecule has 0 atom stereocenters. The van der Waals surface area contributed by atoms with Gasteiger partial charge in [0.1, 0.15) is 5.52 Å². The van der Waals surface area contributed by atoms with E-state index in [0.717, 1.165) is 18.4 Å². The van der Waals surface area contributed by atoms with Gasteiger partial charge in [-0.05, 0) is 23.6 Å². The molecule has 0 spiro atoms. The molecule has 3 nitrogen and oxygen atoms in total. The van der Waals surface area contributed by atoms with Crippen molar-refractivity contribution in [1.82, 2.24) is 14.6 Å². The maximum Gasteiger partial charge on any atom is 0.241 e. The van der Waals surface area contributed by atoms with Gasteiger partial charge in [0.25, 0.3) is 0 Å². The molecule has 0 fully saturated rings. The van der Waals surface area contributed by atoms with Crippen LogP contribution in [-0.2, 0) is 0 Å². The predicted molar refractivity (Wildman–Crippen MR) is 61.9 cm³/mol. The third-order valence-corrected chi connectivity index (χ3v) is 2.53. The first-order valence-corrected chi connectivity index (χ1v) is 5.39. The molecule has 0 unspecified atom stereocenters. The van der Waals surface area contributed by atoms with Crippen LogP contribution < -0.4 is 0 Å². The zero-order valence-electron chi connectivity index (χ0n) is 8.87. The SMILES string of the molecule is C=C(CCC)c1cc(F)c2cnc(Cl)nn12. The summed E-state index contributed by atoms with van der Waals surface area (Å²) in [5.41, 5.74) is 1.81. The van der Waals surface area contributed by atoms with E-state index in [0.29, 0.717) is 11.2 Å². The molecule has 0 radical (unpaired) electrons. The van der Waals surface area contributed by atoms with Crippen LogP contribution in [-0.4, -0.2) is 14.6 Å². The topological polar surface area (TPSA) is 30.2 Å². The number of hydrogen-bond acceptors (Lipinski definition) is 2. The van der Waals surface area contributed by atoms with Crippen LogP contribution in [0, 0.1) is 5.82 Å². The normalized spacial score (nSPS) is 10.9. The van der Waals surface area contributed by atoms with E-state index in [9.17, 15) is 4.39 Å². The zero-order valence-corrected chi connectivity index (χ0v) is 9.63. The number of allylic oxidation sites excluding steroid dienone is 1. The van der Waals surface area contributed by atoms with Crippen molar-refractivity contribution in [1.29, 1.82) is 0 Å². The van der Waals surface area contributed by atoms with E-state index >= 15 is 0 Å². The highest BCUT2D eigenvalue weighted by Gasteiger charge is 2.12. The summed E-state index contributed by atoms with van der Waals surface area (Å²) in [4.78, 5) is 3.75. The van der Waals surface area contributed by atoms with Crippen LogP contribution in [0.2, 0.25) is 5.28 Å². The lowest BCUT2D eigenvalue weighted by Gasteiger charge is -2.03. The number of nitrogens with zero attached hydrogens (tertiary/aromatic N) is 3. The summed E-state index contributed by atoms with van der Waals surface area (Å²) < 4.78 is 15.0. The predicted octanol–water partition coefficient (Wildman–Crippen LogP) is 3.34. The second-order valence-corrected chi connectivity index (χ2v) is 3.89. The smallest absolute Gasteiger partial charge is 0.226 e. The Balaban J connectivity index is 2.61. The van der Waals surface area contributed by atoms with E-state index in [2.05, 4.69) is 16.7 Å². The average Bonchev–Trinajstić information content (AvgIpc) is 2.56. The van der Waals surface area contributed by atoms with Crippen molar-refractivity contribution in [2.75, 3.05) is 0 Å². The fourth-order valence-electron chi connectivity index (χ4n) is 1.61. The number of fused-ring (bicyclic) bond motifs is 1. The number of rotatable bonds is 3. The first-order chi connectivity index (χ1) is 7.63. The highest BCUT2D eigenvalue weighted by Crippen LogP contribution is 2.23. The molecule has 0 aromatic carbocycles. The van der Waals surface area contributed by atoms with Crippen molar-refractivity contribution < 1.29 is 4.39 Å². The van der Waals surface area contributed by atoms with Gasteiger partial charge >= 0.3 is 0 Å². The molecule has 0 bridgehead atoms. The number of hydrogen-bond donors (Lipinski definition) is 0. The largest absolute Gasteiger partial charge is 0.241 e. The molecule has 0 saturated heterocycles. The molecule has 2 rings (SSSR count). The molecule has 0 aliphatic heterocycles. The Morgan fingerprint density at radius 3 is 3.06 bits per heavy atom. The van der Waals surface area contributed by atoms with E-state index < -0.39 is 0 Å². The molecule has 0 aliphatic rings. The standard InChI is InChI=1S/C11H11ClFN3/c1-3-4-7(2)9-5-8(13)10-6-14-11(12)15-16(9)10/h5-6H,2-4H2,1H3. The number of halogens is 2. The second kappa shape index (κ2) is 4.22. The third-order valence-electron chi connectivity index (χ3n) is 2.35. The maximum atomic E-state index is 13.6. The Morgan fingerprint density at radius 2 is 2.38 bits per heavy atom. The highest BCUT2D eigenvalue weighted by molar-refractivity contribution is 6.28. The molecule has 2 aromatic heterocycles. The lowest BCUT2D eigenvalue weighted by molar-refractivity contribution is 0.638. The summed E-state index contributed by atoms with van der Waals surface area (Å²) in [5, 5.41) is 4.06. The fourth-order valence-corrected chi connectivity index (χ4v) is 1.74. The van der Waals surface area contributed by atoms with Gasteiger partial charge in [0.05, 0.1) is 11.9 Å². The first kappa shape index (κ1) is 11.1. The monoisotopic (exact) mass is 239 g/mol. The van der Waals surface area contributed by atoms with Gasteiger partial charge in [-0.2, -0.15) is 0 Å². The molecule has 0 aliphatic carbocycles. The summed E-state index contributed by atoms with van der Waals surface area (Å²) >= 11 is 5.69. The quantitative estimate of drug-likeness (QED) is 0.822. The Bertz CT molecular complexity index is 547. The highest BCUT2D eigenvalue weighted by atomic mass is 35.5. The van der Waals surface area contributed by atoms with Gasteiger partial charge in [-0.15, -0.1) is 5.10 Å². The molecule has 2 heterocycles. The van der Waals surface area contributed by atoms with Crippen molar-refractivity contribution in [3.05, 3.63) is 35.6 Å². The van der Waals surface area contributed by atoms with Crippen LogP contribution in [0.5, 0.6) is 0 Å². The lowest BCUT2D eigenvalue weighted by atomic mass is 10.1. The zero-order chi connectivity index (χ0) is 11.7. The van der Waals surface area contributed by atoms with Crippen LogP contribution >= 0.6 is 11.6 Å². The summed E-state index contributed by atoms with van der Waals surface area (Å²) in [7, 11) is 0. The summed E-state index contributed by atoms with van der Waals surface area (Å²) in [6.45, 7) is 5.96. The molecule has 5 heteroatoms. The van der Waals surface area contributed by atoms with E-state index in [1.807, 2.05) is 6.92 Å². The van der Waals surface area contributed by atoms with Crippen LogP contribution in [0.25, 0.3) is 11.1 Å². The number of aromatic nitrogens is 3. The third kappa shape index (κ3) is 1.80. The Morgan fingerprint density at radius 1 is 1.62 bits per heavy atom. The summed E-state index contributed by atoms with van der Waals surface area (Å²) in [6, 6.07) is 1.42. The summed E-state index contributed by atoms with van der Waals surface area (Å²) in [6.07, 6.45) is 3.12. The van der Waals surface area contributed by atoms with E-state index in [-0.39, 0.29) is 11.1 Å². The van der Waals surface area contributed by atoms with Crippen molar-refractivity contribution in [2.45, 2.75) is 19.8 Å². The van der Waals surface area contributed by atoms with Crippen molar-refractivity contribution in [3.63, 3.8) is 0 Å². The van der Waals surface area contributed by atoms with Gasteiger partial charge in [-0.3, -0.25) is 0 Å². The van der Waals surface area contributed by atoms with Crippen LogP contribution in [0.3, 0.4) is 0 Å². The van der Waals surface area contributed by atoms with Gasteiger partial charge in [-0.25, -0.2) is 13.9 Å². The van der Waals surface area contributed by atoms with Gasteiger partial charge in [0, 0.05) is 6.07 Å². The Kier molecular flexibility index (Phi) is 2.92. The molecular formula is C11H11ClFN3. The van der Waals surface area contributed by atoms with Gasteiger partial charge in [0.2, 0.25) is 5.28 Å². The second-order valence-electron chi connectivity index (χ2n) is 3.56. The molecule has 84 valence electrons.